The van der Waals surface area contributed by atoms with Crippen molar-refractivity contribution >= 4 is 34.1 Å². The Bertz CT molecular complexity index is 763. The number of fused-ring (bicyclic) bond motifs is 1. The van der Waals surface area contributed by atoms with Crippen molar-refractivity contribution in [2.24, 2.45) is 0 Å². The van der Waals surface area contributed by atoms with Crippen LogP contribution < -0.4 is 14.8 Å². The first-order chi connectivity index (χ1) is 11.6. The largest absolute Gasteiger partial charge is 0.489 e. The molecule has 0 saturated carbocycles. The summed E-state index contributed by atoms with van der Waals surface area (Å²) in [5, 5.41) is 4.09. The molecule has 0 aliphatic carbocycles. The van der Waals surface area contributed by atoms with E-state index in [0.29, 0.717) is 46.0 Å². The van der Waals surface area contributed by atoms with Gasteiger partial charge in [-0.2, -0.15) is 4.37 Å². The maximum atomic E-state index is 12.3. The van der Waals surface area contributed by atoms with E-state index in [9.17, 15) is 4.79 Å². The molecule has 0 saturated heterocycles. The lowest BCUT2D eigenvalue weighted by atomic mass is 10.2. The zero-order chi connectivity index (χ0) is 17.1. The zero-order valence-corrected chi connectivity index (χ0v) is 14.9. The molecule has 0 amide bonds. The molecule has 0 spiro atoms. The van der Waals surface area contributed by atoms with Crippen molar-refractivity contribution in [3.8, 4) is 11.5 Å². The van der Waals surface area contributed by atoms with Gasteiger partial charge in [-0.25, -0.2) is 4.79 Å². The second kappa shape index (κ2) is 7.27. The van der Waals surface area contributed by atoms with Gasteiger partial charge in [0.05, 0.1) is 23.9 Å². The van der Waals surface area contributed by atoms with Crippen molar-refractivity contribution in [1.29, 1.82) is 0 Å². The highest BCUT2D eigenvalue weighted by molar-refractivity contribution is 7.10. The molecule has 0 bridgehead atoms. The normalized spacial score (nSPS) is 13.3. The van der Waals surface area contributed by atoms with Crippen LogP contribution in [0.2, 0.25) is 5.02 Å². The van der Waals surface area contributed by atoms with Gasteiger partial charge in [0.2, 0.25) is 0 Å². The average molecular weight is 369 g/mol. The summed E-state index contributed by atoms with van der Waals surface area (Å²) >= 11 is 7.47. The molecule has 24 heavy (non-hydrogen) atoms. The van der Waals surface area contributed by atoms with Crippen LogP contribution in [0.15, 0.2) is 12.1 Å². The van der Waals surface area contributed by atoms with E-state index >= 15 is 0 Å². The Labute approximate surface area is 148 Å². The van der Waals surface area contributed by atoms with Crippen LogP contribution in [0, 0.1) is 6.92 Å². The predicted octanol–water partition coefficient (Wildman–Crippen LogP) is 3.66. The Balaban J connectivity index is 1.75. The SMILES string of the molecule is CNc1snc(C)c1C(=O)OCc1cc(Cl)c2c(c1)OCCCO2. The third-order valence-electron chi connectivity index (χ3n) is 3.53. The van der Waals surface area contributed by atoms with Crippen LogP contribution in [-0.4, -0.2) is 30.6 Å². The molecule has 0 fully saturated rings. The third kappa shape index (κ3) is 3.42. The molecule has 0 radical (unpaired) electrons. The smallest absolute Gasteiger partial charge is 0.343 e. The van der Waals surface area contributed by atoms with Crippen molar-refractivity contribution in [1.82, 2.24) is 4.37 Å². The standard InChI is InChI=1S/C16H17ClN2O4S/c1-9-13(15(18-2)24-19-9)16(20)23-8-10-6-11(17)14-12(7-10)21-4-3-5-22-14/h6-7,18H,3-5,8H2,1-2H3. The van der Waals surface area contributed by atoms with Crippen molar-refractivity contribution in [3.05, 3.63) is 34.0 Å². The van der Waals surface area contributed by atoms with Gasteiger partial charge in [-0.05, 0) is 36.2 Å². The number of rotatable bonds is 4. The lowest BCUT2D eigenvalue weighted by molar-refractivity contribution is 0.0473. The van der Waals surface area contributed by atoms with Crippen molar-refractivity contribution in [2.45, 2.75) is 20.0 Å². The Hall–Kier alpha value is -1.99. The number of benzene rings is 1. The molecule has 1 aliphatic heterocycles. The molecule has 1 aromatic carbocycles. The Morgan fingerprint density at radius 3 is 3.00 bits per heavy atom. The lowest BCUT2D eigenvalue weighted by Gasteiger charge is -2.12. The van der Waals surface area contributed by atoms with Gasteiger partial charge in [0.15, 0.2) is 11.5 Å². The molecular formula is C16H17ClN2O4S. The van der Waals surface area contributed by atoms with Crippen LogP contribution >= 0.6 is 23.1 Å². The van der Waals surface area contributed by atoms with Gasteiger partial charge in [-0.3, -0.25) is 0 Å². The van der Waals surface area contributed by atoms with Gasteiger partial charge in [0, 0.05) is 13.5 Å². The maximum Gasteiger partial charge on any atom is 0.343 e. The van der Waals surface area contributed by atoms with Gasteiger partial charge in [0.25, 0.3) is 0 Å². The molecule has 1 N–H and O–H groups in total. The van der Waals surface area contributed by atoms with Crippen LogP contribution in [0.3, 0.4) is 0 Å². The molecule has 8 heteroatoms. The second-order valence-electron chi connectivity index (χ2n) is 5.25. The van der Waals surface area contributed by atoms with Crippen LogP contribution in [0.25, 0.3) is 0 Å². The number of ether oxygens (including phenoxy) is 3. The number of aromatic nitrogens is 1. The van der Waals surface area contributed by atoms with E-state index in [1.807, 2.05) is 0 Å². The minimum atomic E-state index is -0.422. The van der Waals surface area contributed by atoms with Crippen LogP contribution in [0.1, 0.15) is 28.0 Å². The summed E-state index contributed by atoms with van der Waals surface area (Å²) in [6.07, 6.45) is 0.798. The van der Waals surface area contributed by atoms with Gasteiger partial charge >= 0.3 is 5.97 Å². The number of hydrogen-bond donors (Lipinski definition) is 1. The number of nitrogens with one attached hydrogen (secondary N) is 1. The quantitative estimate of drug-likeness (QED) is 0.830. The third-order valence-corrected chi connectivity index (χ3v) is 4.76. The summed E-state index contributed by atoms with van der Waals surface area (Å²) < 4.78 is 20.8. The Kier molecular flexibility index (Phi) is 5.11. The average Bonchev–Trinajstić information content (AvgIpc) is 2.79. The van der Waals surface area contributed by atoms with Crippen LogP contribution in [-0.2, 0) is 11.3 Å². The number of halogens is 1. The van der Waals surface area contributed by atoms with Crippen molar-refractivity contribution < 1.29 is 19.0 Å². The fourth-order valence-corrected chi connectivity index (χ4v) is 3.39. The first-order valence-corrected chi connectivity index (χ1v) is 8.64. The molecular weight excluding hydrogens is 352 g/mol. The van der Waals surface area contributed by atoms with E-state index in [1.165, 1.54) is 11.5 Å². The fourth-order valence-electron chi connectivity index (χ4n) is 2.37. The highest BCUT2D eigenvalue weighted by Crippen LogP contribution is 2.38. The van der Waals surface area contributed by atoms with Crippen molar-refractivity contribution in [3.63, 3.8) is 0 Å². The molecule has 0 unspecified atom stereocenters. The highest BCUT2D eigenvalue weighted by atomic mass is 35.5. The summed E-state index contributed by atoms with van der Waals surface area (Å²) in [4.78, 5) is 12.3. The first-order valence-electron chi connectivity index (χ1n) is 7.49. The monoisotopic (exact) mass is 368 g/mol. The van der Waals surface area contributed by atoms with Gasteiger partial charge in [0.1, 0.15) is 17.2 Å². The second-order valence-corrected chi connectivity index (χ2v) is 6.43. The number of esters is 1. The minimum Gasteiger partial charge on any atom is -0.489 e. The number of carbonyl (C=O) groups is 1. The minimum absolute atomic E-state index is 0.0909. The molecule has 1 aliphatic rings. The van der Waals surface area contributed by atoms with Crippen LogP contribution in [0.5, 0.6) is 11.5 Å². The topological polar surface area (TPSA) is 69.7 Å². The number of hydrogen-bond acceptors (Lipinski definition) is 7. The van der Waals surface area contributed by atoms with E-state index in [1.54, 1.807) is 26.1 Å². The number of carbonyl (C=O) groups excluding carboxylic acids is 1. The van der Waals surface area contributed by atoms with E-state index in [2.05, 4.69) is 9.69 Å². The summed E-state index contributed by atoms with van der Waals surface area (Å²) in [6, 6.07) is 3.51. The first kappa shape index (κ1) is 16.9. The Morgan fingerprint density at radius 1 is 1.42 bits per heavy atom. The fraction of sp³-hybridized carbons (Fsp3) is 0.375. The molecule has 2 heterocycles. The van der Waals surface area contributed by atoms with Gasteiger partial charge in [-0.15, -0.1) is 0 Å². The summed E-state index contributed by atoms with van der Waals surface area (Å²) in [5.74, 6) is 0.698. The summed E-state index contributed by atoms with van der Waals surface area (Å²) in [7, 11) is 1.74. The van der Waals surface area contributed by atoms with E-state index in [4.69, 9.17) is 25.8 Å². The van der Waals surface area contributed by atoms with Crippen molar-refractivity contribution in [2.75, 3.05) is 25.6 Å². The molecule has 0 atom stereocenters. The highest BCUT2D eigenvalue weighted by Gasteiger charge is 2.20. The maximum absolute atomic E-state index is 12.3. The van der Waals surface area contributed by atoms with Gasteiger partial charge < -0.3 is 19.5 Å². The summed E-state index contributed by atoms with van der Waals surface area (Å²) in [6.45, 7) is 3.00. The predicted molar refractivity (Wildman–Crippen MR) is 92.6 cm³/mol. The molecule has 6 nitrogen and oxygen atoms in total. The summed E-state index contributed by atoms with van der Waals surface area (Å²) in [5.41, 5.74) is 1.85. The molecule has 1 aromatic heterocycles. The van der Waals surface area contributed by atoms with Crippen LogP contribution in [0.4, 0.5) is 5.00 Å². The zero-order valence-electron chi connectivity index (χ0n) is 13.3. The number of aryl methyl sites for hydroxylation is 1. The lowest BCUT2D eigenvalue weighted by Crippen LogP contribution is -2.08. The molecule has 2 aromatic rings. The molecule has 3 rings (SSSR count). The molecule has 128 valence electrons. The number of nitrogens with zero attached hydrogens (tertiary/aromatic N) is 1. The van der Waals surface area contributed by atoms with E-state index in [-0.39, 0.29) is 6.61 Å². The Morgan fingerprint density at radius 2 is 2.21 bits per heavy atom. The van der Waals surface area contributed by atoms with E-state index < -0.39 is 5.97 Å². The van der Waals surface area contributed by atoms with Gasteiger partial charge in [-0.1, -0.05) is 11.6 Å². The van der Waals surface area contributed by atoms with E-state index in [0.717, 1.165) is 12.0 Å². The number of anilines is 1.